The molecule has 0 atom stereocenters. The van der Waals surface area contributed by atoms with Crippen molar-refractivity contribution in [2.45, 2.75) is 34.2 Å². The van der Waals surface area contributed by atoms with Gasteiger partial charge in [0.05, 0.1) is 11.7 Å². The Kier molecular flexibility index (Phi) is 3.44. The Morgan fingerprint density at radius 1 is 1.28 bits per heavy atom. The molecule has 0 radical (unpaired) electrons. The van der Waals surface area contributed by atoms with Gasteiger partial charge in [-0.15, -0.1) is 0 Å². The molecule has 0 unspecified atom stereocenters. The second-order valence-electron chi connectivity index (χ2n) is 6.43. The van der Waals surface area contributed by atoms with Crippen LogP contribution < -0.4 is 0 Å². The number of hydrogen-bond donors (Lipinski definition) is 1. The number of rotatable bonds is 3. The Morgan fingerprint density at radius 3 is 2.67 bits per heavy atom. The Bertz CT molecular complexity index is 534. The minimum Gasteiger partial charge on any atom is -0.302 e. The van der Waals surface area contributed by atoms with Crippen molar-refractivity contribution in [2.75, 3.05) is 13.6 Å². The topological polar surface area (TPSA) is 31.9 Å². The number of aromatic nitrogens is 2. The summed E-state index contributed by atoms with van der Waals surface area (Å²) >= 11 is 0. The molecule has 2 aromatic rings. The number of aryl methyl sites for hydroxylation is 1. The van der Waals surface area contributed by atoms with Gasteiger partial charge >= 0.3 is 0 Å². The minimum absolute atomic E-state index is 0.326. The molecule has 0 aliphatic rings. The van der Waals surface area contributed by atoms with Crippen LogP contribution in [-0.2, 0) is 6.54 Å². The smallest absolute Gasteiger partial charge is 0.0653 e. The Labute approximate surface area is 109 Å². The highest BCUT2D eigenvalue weighted by Crippen LogP contribution is 2.23. The van der Waals surface area contributed by atoms with Crippen LogP contribution in [0.1, 0.15) is 31.9 Å². The second-order valence-corrected chi connectivity index (χ2v) is 6.43. The molecule has 1 N–H and O–H groups in total. The van der Waals surface area contributed by atoms with Gasteiger partial charge in [0.2, 0.25) is 0 Å². The van der Waals surface area contributed by atoms with Crippen molar-refractivity contribution in [2.24, 2.45) is 5.41 Å². The quantitative estimate of drug-likeness (QED) is 0.899. The zero-order valence-electron chi connectivity index (χ0n) is 12.0. The van der Waals surface area contributed by atoms with Crippen molar-refractivity contribution >= 4 is 10.9 Å². The van der Waals surface area contributed by atoms with Crippen LogP contribution in [0.3, 0.4) is 0 Å². The van der Waals surface area contributed by atoms with E-state index in [1.165, 1.54) is 16.5 Å². The molecule has 0 aliphatic carbocycles. The summed E-state index contributed by atoms with van der Waals surface area (Å²) in [5, 5.41) is 8.43. The van der Waals surface area contributed by atoms with Gasteiger partial charge in [-0.3, -0.25) is 5.10 Å². The number of nitrogens with one attached hydrogen (secondary N) is 1. The van der Waals surface area contributed by atoms with Gasteiger partial charge in [0.25, 0.3) is 0 Å². The summed E-state index contributed by atoms with van der Waals surface area (Å²) in [6.07, 6.45) is 1.93. The molecule has 0 saturated heterocycles. The minimum atomic E-state index is 0.326. The molecule has 98 valence electrons. The van der Waals surface area contributed by atoms with Crippen LogP contribution in [0.5, 0.6) is 0 Å². The van der Waals surface area contributed by atoms with Crippen molar-refractivity contribution < 1.29 is 0 Å². The molecule has 0 saturated carbocycles. The maximum atomic E-state index is 4.14. The first kappa shape index (κ1) is 13.1. The van der Waals surface area contributed by atoms with Crippen molar-refractivity contribution in [1.82, 2.24) is 15.1 Å². The molecule has 1 aromatic heterocycles. The first-order chi connectivity index (χ1) is 8.37. The lowest BCUT2D eigenvalue weighted by Gasteiger charge is -2.27. The van der Waals surface area contributed by atoms with Gasteiger partial charge in [0.15, 0.2) is 0 Å². The zero-order chi connectivity index (χ0) is 13.3. The van der Waals surface area contributed by atoms with Crippen molar-refractivity contribution in [3.63, 3.8) is 0 Å². The number of nitrogens with zero attached hydrogens (tertiary/aromatic N) is 2. The van der Waals surface area contributed by atoms with E-state index in [0.717, 1.165) is 18.6 Å². The highest BCUT2D eigenvalue weighted by atomic mass is 15.1. The molecule has 0 bridgehead atoms. The lowest BCUT2D eigenvalue weighted by Crippen LogP contribution is -2.29. The molecular weight excluding hydrogens is 222 g/mol. The van der Waals surface area contributed by atoms with Crippen LogP contribution in [0.2, 0.25) is 0 Å². The predicted octanol–water partition coefficient (Wildman–Crippen LogP) is 3.35. The predicted molar refractivity (Wildman–Crippen MR) is 76.6 cm³/mol. The maximum Gasteiger partial charge on any atom is 0.0653 e. The largest absolute Gasteiger partial charge is 0.302 e. The van der Waals surface area contributed by atoms with Gasteiger partial charge in [-0.2, -0.15) is 5.10 Å². The number of benzene rings is 1. The lowest BCUT2D eigenvalue weighted by atomic mass is 9.95. The monoisotopic (exact) mass is 245 g/mol. The first-order valence-electron chi connectivity index (χ1n) is 6.47. The standard InChI is InChI=1S/C15H23N3/c1-11-6-7-14-12(8-16-17-14)13(11)9-18(5)10-15(2,3)4/h6-8H,9-10H2,1-5H3,(H,16,17). The van der Waals surface area contributed by atoms with E-state index in [4.69, 9.17) is 0 Å². The molecule has 1 aromatic carbocycles. The average molecular weight is 245 g/mol. The van der Waals surface area contributed by atoms with Crippen LogP contribution in [0.4, 0.5) is 0 Å². The van der Waals surface area contributed by atoms with Gasteiger partial charge in [-0.1, -0.05) is 26.8 Å². The van der Waals surface area contributed by atoms with Crippen LogP contribution in [0, 0.1) is 12.3 Å². The molecule has 0 fully saturated rings. The van der Waals surface area contributed by atoms with Crippen molar-refractivity contribution in [1.29, 1.82) is 0 Å². The molecule has 0 aliphatic heterocycles. The zero-order valence-corrected chi connectivity index (χ0v) is 12.0. The summed E-state index contributed by atoms with van der Waals surface area (Å²) in [6, 6.07) is 4.27. The van der Waals surface area contributed by atoms with Crippen molar-refractivity contribution in [3.8, 4) is 0 Å². The van der Waals surface area contributed by atoms with E-state index in [2.05, 4.69) is 62.0 Å². The van der Waals surface area contributed by atoms with Gasteiger partial charge in [0.1, 0.15) is 0 Å². The van der Waals surface area contributed by atoms with Gasteiger partial charge in [-0.05, 0) is 36.6 Å². The SMILES string of the molecule is Cc1ccc2[nH]ncc2c1CN(C)CC(C)(C)C. The molecule has 1 heterocycles. The maximum absolute atomic E-state index is 4.14. The van der Waals surface area contributed by atoms with Crippen LogP contribution >= 0.6 is 0 Å². The van der Waals surface area contributed by atoms with Crippen molar-refractivity contribution in [3.05, 3.63) is 29.5 Å². The third kappa shape index (κ3) is 2.91. The van der Waals surface area contributed by atoms with E-state index in [1.807, 2.05) is 6.20 Å². The Balaban J connectivity index is 2.25. The third-order valence-corrected chi connectivity index (χ3v) is 3.14. The van der Waals surface area contributed by atoms with Crippen LogP contribution in [0.25, 0.3) is 10.9 Å². The first-order valence-corrected chi connectivity index (χ1v) is 6.47. The highest BCUT2D eigenvalue weighted by Gasteiger charge is 2.15. The fourth-order valence-corrected chi connectivity index (χ4v) is 2.53. The second kappa shape index (κ2) is 4.73. The Hall–Kier alpha value is -1.35. The normalized spacial score (nSPS) is 12.6. The third-order valence-electron chi connectivity index (χ3n) is 3.14. The summed E-state index contributed by atoms with van der Waals surface area (Å²) in [4.78, 5) is 2.38. The summed E-state index contributed by atoms with van der Waals surface area (Å²) < 4.78 is 0. The van der Waals surface area contributed by atoms with E-state index in [9.17, 15) is 0 Å². The molecule has 3 nitrogen and oxygen atoms in total. The Morgan fingerprint density at radius 2 is 2.00 bits per heavy atom. The molecule has 18 heavy (non-hydrogen) atoms. The van der Waals surface area contributed by atoms with E-state index in [1.54, 1.807) is 0 Å². The number of H-pyrrole nitrogens is 1. The fraction of sp³-hybridized carbons (Fsp3) is 0.533. The van der Waals surface area contributed by atoms with E-state index < -0.39 is 0 Å². The van der Waals surface area contributed by atoms with Crippen LogP contribution in [0.15, 0.2) is 18.3 Å². The fourth-order valence-electron chi connectivity index (χ4n) is 2.53. The molecule has 0 amide bonds. The van der Waals surface area contributed by atoms with E-state index >= 15 is 0 Å². The van der Waals surface area contributed by atoms with Gasteiger partial charge in [0, 0.05) is 18.5 Å². The summed E-state index contributed by atoms with van der Waals surface area (Å²) in [7, 11) is 2.18. The molecule has 0 spiro atoms. The van der Waals surface area contributed by atoms with Gasteiger partial charge in [-0.25, -0.2) is 0 Å². The summed E-state index contributed by atoms with van der Waals surface area (Å²) in [6.45, 7) is 11.0. The van der Waals surface area contributed by atoms with Crippen LogP contribution in [-0.4, -0.2) is 28.7 Å². The number of hydrogen-bond acceptors (Lipinski definition) is 2. The lowest BCUT2D eigenvalue weighted by molar-refractivity contribution is 0.221. The van der Waals surface area contributed by atoms with Gasteiger partial charge < -0.3 is 4.90 Å². The molecule has 3 heteroatoms. The number of fused-ring (bicyclic) bond motifs is 1. The molecular formula is C15H23N3. The molecule has 2 rings (SSSR count). The number of aromatic amines is 1. The highest BCUT2D eigenvalue weighted by molar-refractivity contribution is 5.82. The summed E-state index contributed by atoms with van der Waals surface area (Å²) in [5.74, 6) is 0. The van der Waals surface area contributed by atoms with E-state index in [-0.39, 0.29) is 0 Å². The average Bonchev–Trinajstić information content (AvgIpc) is 2.67. The van der Waals surface area contributed by atoms with E-state index in [0.29, 0.717) is 5.41 Å². The summed E-state index contributed by atoms with van der Waals surface area (Å²) in [5.41, 5.74) is 4.17.